The van der Waals surface area contributed by atoms with Gasteiger partial charge < -0.3 is 19.5 Å². The summed E-state index contributed by atoms with van der Waals surface area (Å²) in [6, 6.07) is 8.03. The fourth-order valence-corrected chi connectivity index (χ4v) is 2.09. The first-order chi connectivity index (χ1) is 9.49. The number of methoxy groups -OCH3 is 1. The van der Waals surface area contributed by atoms with Crippen molar-refractivity contribution in [3.8, 4) is 5.75 Å². The van der Waals surface area contributed by atoms with Gasteiger partial charge in [-0.3, -0.25) is 0 Å². The molecule has 112 valence electrons. The minimum atomic E-state index is -0.0284. The van der Waals surface area contributed by atoms with Crippen molar-refractivity contribution in [3.05, 3.63) is 29.8 Å². The smallest absolute Gasteiger partial charge is 0.124 e. The zero-order chi connectivity index (χ0) is 14.6. The second-order valence-corrected chi connectivity index (χ2v) is 6.16. The largest absolute Gasteiger partial charge is 0.496 e. The summed E-state index contributed by atoms with van der Waals surface area (Å²) in [5.41, 5.74) is 1.14. The Hall–Kier alpha value is -1.10. The molecule has 1 aliphatic rings. The van der Waals surface area contributed by atoms with Gasteiger partial charge in [-0.2, -0.15) is 0 Å². The van der Waals surface area contributed by atoms with E-state index in [0.717, 1.165) is 17.9 Å². The molecule has 4 nitrogen and oxygen atoms in total. The quantitative estimate of drug-likeness (QED) is 0.868. The monoisotopic (exact) mass is 279 g/mol. The molecule has 20 heavy (non-hydrogen) atoms. The van der Waals surface area contributed by atoms with E-state index in [2.05, 4.69) is 32.2 Å². The van der Waals surface area contributed by atoms with Gasteiger partial charge in [0.05, 0.1) is 26.4 Å². The minimum absolute atomic E-state index is 0.0284. The first-order valence-electron chi connectivity index (χ1n) is 7.11. The lowest BCUT2D eigenvalue weighted by Crippen LogP contribution is -2.43. The van der Waals surface area contributed by atoms with E-state index in [1.165, 1.54) is 0 Å². The highest BCUT2D eigenvalue weighted by Gasteiger charge is 2.27. The number of nitrogens with one attached hydrogen (secondary N) is 1. The Kier molecular flexibility index (Phi) is 5.02. The average molecular weight is 279 g/mol. The van der Waals surface area contributed by atoms with Crippen molar-refractivity contribution in [3.63, 3.8) is 0 Å². The van der Waals surface area contributed by atoms with Crippen molar-refractivity contribution in [2.75, 3.05) is 26.9 Å². The Balaban J connectivity index is 2.11. The molecule has 2 rings (SSSR count). The van der Waals surface area contributed by atoms with E-state index >= 15 is 0 Å². The summed E-state index contributed by atoms with van der Waals surface area (Å²) in [7, 11) is 1.69. The van der Waals surface area contributed by atoms with Crippen molar-refractivity contribution in [2.45, 2.75) is 38.5 Å². The first-order valence-corrected chi connectivity index (χ1v) is 7.11. The van der Waals surface area contributed by atoms with Crippen molar-refractivity contribution in [2.24, 2.45) is 0 Å². The summed E-state index contributed by atoms with van der Waals surface area (Å²) >= 11 is 0. The molecule has 1 aliphatic heterocycles. The van der Waals surface area contributed by atoms with Crippen LogP contribution >= 0.6 is 0 Å². The molecule has 1 unspecified atom stereocenters. The van der Waals surface area contributed by atoms with Crippen LogP contribution in [-0.4, -0.2) is 38.5 Å². The van der Waals surface area contributed by atoms with Gasteiger partial charge in [0, 0.05) is 17.6 Å². The number of benzene rings is 1. The summed E-state index contributed by atoms with van der Waals surface area (Å²) in [5.74, 6) is 0.869. The zero-order valence-electron chi connectivity index (χ0n) is 12.8. The maximum absolute atomic E-state index is 6.14. The summed E-state index contributed by atoms with van der Waals surface area (Å²) in [6.45, 7) is 8.57. The average Bonchev–Trinajstić information content (AvgIpc) is 2.35. The SMILES string of the molecule is COc1ccccc1C(CNC(C)(C)C)OC1COC1. The molecule has 1 saturated heterocycles. The lowest BCUT2D eigenvalue weighted by atomic mass is 10.0. The molecule has 0 radical (unpaired) electrons. The van der Waals surface area contributed by atoms with Crippen LogP contribution in [0.2, 0.25) is 0 Å². The highest BCUT2D eigenvalue weighted by atomic mass is 16.6. The number of hydrogen-bond donors (Lipinski definition) is 1. The van der Waals surface area contributed by atoms with Crippen LogP contribution in [0.4, 0.5) is 0 Å². The molecule has 0 saturated carbocycles. The van der Waals surface area contributed by atoms with Crippen LogP contribution in [0.25, 0.3) is 0 Å². The van der Waals surface area contributed by atoms with Crippen LogP contribution in [0.3, 0.4) is 0 Å². The Bertz CT molecular complexity index is 424. The van der Waals surface area contributed by atoms with E-state index in [1.807, 2.05) is 18.2 Å². The predicted molar refractivity (Wildman–Crippen MR) is 79.2 cm³/mol. The van der Waals surface area contributed by atoms with Gasteiger partial charge in [-0.25, -0.2) is 0 Å². The maximum atomic E-state index is 6.14. The van der Waals surface area contributed by atoms with Gasteiger partial charge in [0.25, 0.3) is 0 Å². The van der Waals surface area contributed by atoms with Gasteiger partial charge in [0.2, 0.25) is 0 Å². The van der Waals surface area contributed by atoms with Crippen molar-refractivity contribution >= 4 is 0 Å². The zero-order valence-corrected chi connectivity index (χ0v) is 12.8. The number of ether oxygens (including phenoxy) is 3. The molecule has 4 heteroatoms. The molecular weight excluding hydrogens is 254 g/mol. The molecule has 0 bridgehead atoms. The van der Waals surface area contributed by atoms with Gasteiger partial charge in [-0.15, -0.1) is 0 Å². The minimum Gasteiger partial charge on any atom is -0.496 e. The Morgan fingerprint density at radius 1 is 1.30 bits per heavy atom. The summed E-state index contributed by atoms with van der Waals surface area (Å²) in [6.07, 6.45) is 0.158. The van der Waals surface area contributed by atoms with E-state index < -0.39 is 0 Å². The van der Waals surface area contributed by atoms with E-state index in [1.54, 1.807) is 7.11 Å². The molecule has 1 fully saturated rings. The molecule has 0 aromatic heterocycles. The molecule has 1 aromatic rings. The highest BCUT2D eigenvalue weighted by molar-refractivity contribution is 5.35. The van der Waals surface area contributed by atoms with Crippen LogP contribution in [-0.2, 0) is 9.47 Å². The second kappa shape index (κ2) is 6.57. The molecule has 0 spiro atoms. The Morgan fingerprint density at radius 2 is 2.00 bits per heavy atom. The summed E-state index contributed by atoms with van der Waals surface area (Å²) in [5, 5.41) is 3.50. The van der Waals surface area contributed by atoms with Gasteiger partial charge in [-0.05, 0) is 26.8 Å². The normalized spacial score (nSPS) is 17.6. The van der Waals surface area contributed by atoms with Crippen LogP contribution in [0, 0.1) is 0 Å². The van der Waals surface area contributed by atoms with Crippen molar-refractivity contribution in [1.29, 1.82) is 0 Å². The third-order valence-electron chi connectivity index (χ3n) is 3.27. The number of rotatable bonds is 6. The molecular formula is C16H25NO3. The first kappa shape index (κ1) is 15.3. The third-order valence-corrected chi connectivity index (χ3v) is 3.27. The van der Waals surface area contributed by atoms with Crippen molar-refractivity contribution < 1.29 is 14.2 Å². The van der Waals surface area contributed by atoms with Crippen LogP contribution in [0.15, 0.2) is 24.3 Å². The Morgan fingerprint density at radius 3 is 2.55 bits per heavy atom. The van der Waals surface area contributed by atoms with Gasteiger partial charge in [0.1, 0.15) is 11.9 Å². The van der Waals surface area contributed by atoms with Gasteiger partial charge in [-0.1, -0.05) is 18.2 Å². The van der Waals surface area contributed by atoms with Crippen LogP contribution in [0.5, 0.6) is 5.75 Å². The highest BCUT2D eigenvalue weighted by Crippen LogP contribution is 2.29. The van der Waals surface area contributed by atoms with Crippen molar-refractivity contribution in [1.82, 2.24) is 5.32 Å². The standard InChI is InChI=1S/C16H25NO3/c1-16(2,3)17-9-15(20-12-10-19-11-12)13-7-5-6-8-14(13)18-4/h5-8,12,15,17H,9-11H2,1-4H3. The van der Waals surface area contributed by atoms with Crippen LogP contribution in [0.1, 0.15) is 32.4 Å². The van der Waals surface area contributed by atoms with E-state index in [-0.39, 0.29) is 17.7 Å². The topological polar surface area (TPSA) is 39.7 Å². The maximum Gasteiger partial charge on any atom is 0.124 e. The Labute approximate surface area is 121 Å². The van der Waals surface area contributed by atoms with Crippen LogP contribution < -0.4 is 10.1 Å². The predicted octanol–water partition coefficient (Wildman–Crippen LogP) is 2.54. The molecule has 1 aromatic carbocycles. The summed E-state index contributed by atoms with van der Waals surface area (Å²) in [4.78, 5) is 0. The van der Waals surface area contributed by atoms with E-state index in [9.17, 15) is 0 Å². The number of hydrogen-bond acceptors (Lipinski definition) is 4. The van der Waals surface area contributed by atoms with Gasteiger partial charge >= 0.3 is 0 Å². The molecule has 1 heterocycles. The lowest BCUT2D eigenvalue weighted by Gasteiger charge is -2.33. The molecule has 1 N–H and O–H groups in total. The lowest BCUT2D eigenvalue weighted by molar-refractivity contribution is -0.156. The van der Waals surface area contributed by atoms with E-state index in [0.29, 0.717) is 13.2 Å². The molecule has 0 amide bonds. The summed E-state index contributed by atoms with van der Waals surface area (Å²) < 4.78 is 16.8. The second-order valence-electron chi connectivity index (χ2n) is 6.16. The third kappa shape index (κ3) is 4.20. The van der Waals surface area contributed by atoms with E-state index in [4.69, 9.17) is 14.2 Å². The molecule has 0 aliphatic carbocycles. The fourth-order valence-electron chi connectivity index (χ4n) is 2.09. The van der Waals surface area contributed by atoms with Gasteiger partial charge in [0.15, 0.2) is 0 Å². The molecule has 1 atom stereocenters. The fraction of sp³-hybridized carbons (Fsp3) is 0.625. The number of para-hydroxylation sites is 1.